The highest BCUT2D eigenvalue weighted by molar-refractivity contribution is 7.21. The number of hydrogen-bond donors (Lipinski definition) is 2. The van der Waals surface area contributed by atoms with Gasteiger partial charge in [0, 0.05) is 49.4 Å². The van der Waals surface area contributed by atoms with Crippen molar-refractivity contribution >= 4 is 55.8 Å². The highest BCUT2D eigenvalue weighted by atomic mass is 32.1. The predicted octanol–water partition coefficient (Wildman–Crippen LogP) is 3.79. The highest BCUT2D eigenvalue weighted by Gasteiger charge is 2.34. The molecule has 7 rings (SSSR count). The molecule has 2 N–H and O–H groups in total. The SMILES string of the molecule is CC(C)(C)OC(=O)N1CC(CC(=O)Nc2cnc3c(c2)[nH]c(=O)c2c3nn3cc(-c4cnn5c4CCC5)sc23)C1. The second kappa shape index (κ2) is 8.88. The summed E-state index contributed by atoms with van der Waals surface area (Å²) in [5.74, 6) is -0.118. The van der Waals surface area contributed by atoms with E-state index in [1.165, 1.54) is 17.0 Å². The molecule has 0 radical (unpaired) electrons. The van der Waals surface area contributed by atoms with Gasteiger partial charge in [-0.2, -0.15) is 10.2 Å². The number of anilines is 1. The van der Waals surface area contributed by atoms with Crippen molar-refractivity contribution in [2.45, 2.75) is 52.2 Å². The van der Waals surface area contributed by atoms with Crippen molar-refractivity contribution in [2.24, 2.45) is 5.92 Å². The molecule has 0 bridgehead atoms. The molecule has 0 saturated carbocycles. The molecule has 40 heavy (non-hydrogen) atoms. The lowest BCUT2D eigenvalue weighted by Gasteiger charge is -2.39. The van der Waals surface area contributed by atoms with E-state index in [-0.39, 0.29) is 29.9 Å². The molecule has 5 aromatic heterocycles. The largest absolute Gasteiger partial charge is 0.444 e. The number of nitrogens with one attached hydrogen (secondary N) is 2. The Hall–Kier alpha value is -4.26. The summed E-state index contributed by atoms with van der Waals surface area (Å²) < 4.78 is 9.15. The number of fused-ring (bicyclic) bond motifs is 6. The summed E-state index contributed by atoms with van der Waals surface area (Å²) >= 11 is 1.52. The van der Waals surface area contributed by atoms with Crippen LogP contribution in [-0.4, -0.2) is 65.0 Å². The molecule has 5 aromatic rings. The molecular weight excluding hydrogens is 532 g/mol. The van der Waals surface area contributed by atoms with Crippen LogP contribution >= 0.6 is 11.3 Å². The van der Waals surface area contributed by atoms with Crippen molar-refractivity contribution in [1.82, 2.24) is 34.3 Å². The minimum absolute atomic E-state index is 0.0625. The van der Waals surface area contributed by atoms with Crippen LogP contribution in [0.3, 0.4) is 0 Å². The molecule has 0 unspecified atom stereocenters. The van der Waals surface area contributed by atoms with Crippen molar-refractivity contribution in [3.63, 3.8) is 0 Å². The van der Waals surface area contributed by atoms with E-state index in [2.05, 4.69) is 20.4 Å². The standard InChI is InChI=1S/C27H28N8O4S/c1-27(2,3)39-26(38)33-11-14(12-33)7-20(36)30-15-8-17-22(28-9-15)23-21(24(37)31-17)25-35(32-23)13-19(40-25)16-10-29-34-6-4-5-18(16)34/h8-10,13-14H,4-7,11-12H2,1-3H3,(H,30,36)(H,31,37). The molecule has 2 aliphatic rings. The zero-order valence-electron chi connectivity index (χ0n) is 22.4. The van der Waals surface area contributed by atoms with E-state index in [1.807, 2.05) is 37.8 Å². The second-order valence-electron chi connectivity index (χ2n) is 11.5. The van der Waals surface area contributed by atoms with E-state index >= 15 is 0 Å². The van der Waals surface area contributed by atoms with E-state index in [1.54, 1.807) is 21.7 Å². The molecule has 7 heterocycles. The number of H-pyrrole nitrogens is 1. The van der Waals surface area contributed by atoms with Crippen LogP contribution in [0.5, 0.6) is 0 Å². The molecule has 0 aliphatic carbocycles. The quantitative estimate of drug-likeness (QED) is 0.341. The minimum atomic E-state index is -0.551. The van der Waals surface area contributed by atoms with Gasteiger partial charge in [0.15, 0.2) is 0 Å². The van der Waals surface area contributed by atoms with E-state index in [0.29, 0.717) is 40.7 Å². The van der Waals surface area contributed by atoms with Gasteiger partial charge in [-0.3, -0.25) is 19.3 Å². The Morgan fingerprint density at radius 1 is 1.23 bits per heavy atom. The summed E-state index contributed by atoms with van der Waals surface area (Å²) in [6.45, 7) is 7.37. The molecule has 1 fully saturated rings. The van der Waals surface area contributed by atoms with Gasteiger partial charge in [0.25, 0.3) is 5.56 Å². The molecule has 0 aromatic carbocycles. The number of carbonyl (C=O) groups is 2. The van der Waals surface area contributed by atoms with Gasteiger partial charge in [0.1, 0.15) is 26.9 Å². The predicted molar refractivity (Wildman–Crippen MR) is 151 cm³/mol. The third-order valence-electron chi connectivity index (χ3n) is 7.26. The van der Waals surface area contributed by atoms with Crippen LogP contribution in [0.4, 0.5) is 10.5 Å². The molecule has 0 spiro atoms. The fourth-order valence-electron chi connectivity index (χ4n) is 5.46. The van der Waals surface area contributed by atoms with Gasteiger partial charge in [0.2, 0.25) is 5.91 Å². The Bertz CT molecular complexity index is 1890. The Balaban J connectivity index is 1.09. The van der Waals surface area contributed by atoms with Crippen molar-refractivity contribution in [3.8, 4) is 10.4 Å². The number of likely N-dealkylation sites (tertiary alicyclic amines) is 1. The Kier molecular flexibility index (Phi) is 5.50. The highest BCUT2D eigenvalue weighted by Crippen LogP contribution is 2.36. The van der Waals surface area contributed by atoms with Crippen LogP contribution in [-0.2, 0) is 22.5 Å². The Morgan fingerprint density at radius 2 is 2.05 bits per heavy atom. The van der Waals surface area contributed by atoms with E-state index in [0.717, 1.165) is 34.7 Å². The van der Waals surface area contributed by atoms with E-state index in [4.69, 9.17) is 9.84 Å². The van der Waals surface area contributed by atoms with Crippen molar-refractivity contribution in [2.75, 3.05) is 18.4 Å². The summed E-state index contributed by atoms with van der Waals surface area (Å²) in [5.41, 5.74) is 3.57. The minimum Gasteiger partial charge on any atom is -0.444 e. The lowest BCUT2D eigenvalue weighted by molar-refractivity contribution is -0.118. The third kappa shape index (κ3) is 4.21. The van der Waals surface area contributed by atoms with Gasteiger partial charge < -0.3 is 19.9 Å². The van der Waals surface area contributed by atoms with Crippen LogP contribution in [0.2, 0.25) is 0 Å². The number of amides is 2. The fourth-order valence-corrected chi connectivity index (χ4v) is 6.58. The third-order valence-corrected chi connectivity index (χ3v) is 8.39. The van der Waals surface area contributed by atoms with Gasteiger partial charge in [-0.1, -0.05) is 0 Å². The maximum absolute atomic E-state index is 13.2. The first-order valence-corrected chi connectivity index (χ1v) is 14.1. The van der Waals surface area contributed by atoms with Gasteiger partial charge in [-0.05, 0) is 39.7 Å². The molecule has 0 atom stereocenters. The number of carbonyl (C=O) groups excluding carboxylic acids is 2. The summed E-state index contributed by atoms with van der Waals surface area (Å²) in [7, 11) is 0. The molecule has 2 aliphatic heterocycles. The van der Waals surface area contributed by atoms with Crippen molar-refractivity contribution in [3.05, 3.63) is 40.7 Å². The first kappa shape index (κ1) is 24.8. The van der Waals surface area contributed by atoms with Crippen LogP contribution in [0, 0.1) is 5.92 Å². The summed E-state index contributed by atoms with van der Waals surface area (Å²) in [4.78, 5) is 48.8. The number of ether oxygens (including phenoxy) is 1. The van der Waals surface area contributed by atoms with Gasteiger partial charge in [0.05, 0.1) is 28.5 Å². The van der Waals surface area contributed by atoms with Gasteiger partial charge >= 0.3 is 6.09 Å². The number of rotatable bonds is 4. The number of aromatic amines is 1. The average molecular weight is 561 g/mol. The molecule has 1 saturated heterocycles. The first-order valence-electron chi connectivity index (χ1n) is 13.3. The van der Waals surface area contributed by atoms with Crippen LogP contribution in [0.1, 0.15) is 39.3 Å². The number of thiazole rings is 1. The van der Waals surface area contributed by atoms with Crippen molar-refractivity contribution in [1.29, 1.82) is 0 Å². The molecule has 13 heteroatoms. The molecule has 2 amide bonds. The summed E-state index contributed by atoms with van der Waals surface area (Å²) in [5, 5.41) is 12.6. The maximum atomic E-state index is 13.2. The molecule has 12 nitrogen and oxygen atoms in total. The topological polar surface area (TPSA) is 140 Å². The lowest BCUT2D eigenvalue weighted by Crippen LogP contribution is -2.52. The first-order chi connectivity index (χ1) is 19.1. The normalized spacial score (nSPS) is 15.6. The Labute approximate surface area is 231 Å². The second-order valence-corrected chi connectivity index (χ2v) is 12.5. The number of aryl methyl sites for hydroxylation is 1. The lowest BCUT2D eigenvalue weighted by atomic mass is 9.96. The number of aromatic nitrogens is 6. The zero-order chi connectivity index (χ0) is 27.8. The van der Waals surface area contributed by atoms with E-state index < -0.39 is 5.60 Å². The number of nitrogens with zero attached hydrogens (tertiary/aromatic N) is 6. The maximum Gasteiger partial charge on any atom is 0.410 e. The molecular formula is C27H28N8O4S. The summed E-state index contributed by atoms with van der Waals surface area (Å²) in [6.07, 6.45) is 7.40. The fraction of sp³-hybridized carbons (Fsp3) is 0.407. The smallest absolute Gasteiger partial charge is 0.410 e. The van der Waals surface area contributed by atoms with Crippen LogP contribution in [0.15, 0.2) is 29.5 Å². The van der Waals surface area contributed by atoms with Gasteiger partial charge in [-0.15, -0.1) is 11.3 Å². The molecule has 206 valence electrons. The Morgan fingerprint density at radius 3 is 2.85 bits per heavy atom. The van der Waals surface area contributed by atoms with E-state index in [9.17, 15) is 14.4 Å². The van der Waals surface area contributed by atoms with Crippen molar-refractivity contribution < 1.29 is 14.3 Å². The van der Waals surface area contributed by atoms with Crippen LogP contribution < -0.4 is 10.9 Å². The zero-order valence-corrected chi connectivity index (χ0v) is 23.2. The average Bonchev–Trinajstić information content (AvgIpc) is 3.60. The van der Waals surface area contributed by atoms with Gasteiger partial charge in [-0.25, -0.2) is 9.31 Å². The number of pyridine rings is 2. The number of hydrogen-bond acceptors (Lipinski definition) is 8. The monoisotopic (exact) mass is 560 g/mol. The summed E-state index contributed by atoms with van der Waals surface area (Å²) in [6, 6.07) is 1.70. The van der Waals surface area contributed by atoms with Crippen LogP contribution in [0.25, 0.3) is 37.2 Å².